The van der Waals surface area contributed by atoms with Crippen LogP contribution in [0.2, 0.25) is 0 Å². The van der Waals surface area contributed by atoms with E-state index in [1.54, 1.807) is 0 Å². The molecule has 0 aliphatic rings. The second-order valence-electron chi connectivity index (χ2n) is 1.70. The van der Waals surface area contributed by atoms with Crippen LogP contribution in [0, 0.1) is 0 Å². The van der Waals surface area contributed by atoms with Crippen molar-refractivity contribution < 1.29 is 9.59 Å². The predicted octanol–water partition coefficient (Wildman–Crippen LogP) is -1.85. The number of nitrogens with one attached hydrogen (secondary N) is 2. The Morgan fingerprint density at radius 1 is 1.50 bits per heavy atom. The van der Waals surface area contributed by atoms with Crippen LogP contribution in [0.1, 0.15) is 6.42 Å². The predicted molar refractivity (Wildman–Crippen MR) is 35.9 cm³/mol. The summed E-state index contributed by atoms with van der Waals surface area (Å²) in [4.78, 5) is 19.8. The first kappa shape index (κ1) is 9.06. The lowest BCUT2D eigenvalue weighted by Crippen LogP contribution is -2.39. The fourth-order valence-electron chi connectivity index (χ4n) is 0.369. The Labute approximate surface area is 58.9 Å². The molecule has 0 atom stereocenters. The van der Waals surface area contributed by atoms with Gasteiger partial charge in [0.25, 0.3) is 0 Å². The summed E-state index contributed by atoms with van der Waals surface area (Å²) in [6, 6.07) is 0. The second-order valence-corrected chi connectivity index (χ2v) is 1.70. The largest absolute Gasteiger partial charge is 0.369 e. The van der Waals surface area contributed by atoms with Crippen LogP contribution in [0.4, 0.5) is 0 Å². The lowest BCUT2D eigenvalue weighted by Gasteiger charge is -2.00. The molecule has 0 radical (unpaired) electrons. The molecule has 0 bridgehead atoms. The van der Waals surface area contributed by atoms with Crippen LogP contribution in [0.3, 0.4) is 0 Å². The quantitative estimate of drug-likeness (QED) is 0.233. The monoisotopic (exact) mass is 145 g/mol. The Morgan fingerprint density at radius 2 is 2.20 bits per heavy atom. The van der Waals surface area contributed by atoms with E-state index in [9.17, 15) is 9.59 Å². The minimum Gasteiger partial charge on any atom is -0.369 e. The molecule has 58 valence electrons. The standard InChI is InChI=1S/C5H11N3O2/c6-5(10)4-8-7-2-1-3-9/h3,7-8H,1-2,4H2,(H2,6,10). The molecule has 10 heavy (non-hydrogen) atoms. The number of aldehydes is 1. The van der Waals surface area contributed by atoms with Crippen LogP contribution in [0.5, 0.6) is 0 Å². The van der Waals surface area contributed by atoms with E-state index in [0.717, 1.165) is 6.29 Å². The Hall–Kier alpha value is -0.940. The Balaban J connectivity index is 2.90. The average Bonchev–Trinajstić information content (AvgIpc) is 1.87. The lowest BCUT2D eigenvalue weighted by molar-refractivity contribution is -0.117. The van der Waals surface area contributed by atoms with Gasteiger partial charge in [0, 0.05) is 13.0 Å². The molecule has 0 saturated carbocycles. The highest BCUT2D eigenvalue weighted by molar-refractivity contribution is 5.75. The molecule has 0 heterocycles. The van der Waals surface area contributed by atoms with E-state index in [1.807, 2.05) is 0 Å². The average molecular weight is 145 g/mol. The summed E-state index contributed by atoms with van der Waals surface area (Å²) in [6.45, 7) is 0.593. The molecular formula is C5H11N3O2. The van der Waals surface area contributed by atoms with E-state index >= 15 is 0 Å². The third-order valence-corrected chi connectivity index (χ3v) is 0.775. The fourth-order valence-corrected chi connectivity index (χ4v) is 0.369. The summed E-state index contributed by atoms with van der Waals surface area (Å²) < 4.78 is 0. The van der Waals surface area contributed by atoms with E-state index in [0.29, 0.717) is 13.0 Å². The number of amides is 1. The van der Waals surface area contributed by atoms with E-state index in [4.69, 9.17) is 5.73 Å². The van der Waals surface area contributed by atoms with Crippen molar-refractivity contribution in [3.05, 3.63) is 0 Å². The van der Waals surface area contributed by atoms with Gasteiger partial charge in [-0.3, -0.25) is 10.2 Å². The zero-order valence-corrected chi connectivity index (χ0v) is 5.59. The molecular weight excluding hydrogens is 134 g/mol. The van der Waals surface area contributed by atoms with Crippen LogP contribution in [-0.2, 0) is 9.59 Å². The van der Waals surface area contributed by atoms with Crippen molar-refractivity contribution >= 4 is 12.2 Å². The zero-order valence-electron chi connectivity index (χ0n) is 5.59. The van der Waals surface area contributed by atoms with Crippen molar-refractivity contribution in [1.82, 2.24) is 10.9 Å². The SMILES string of the molecule is NC(=O)CNNCCC=O. The van der Waals surface area contributed by atoms with Gasteiger partial charge in [0.05, 0.1) is 6.54 Å². The van der Waals surface area contributed by atoms with Gasteiger partial charge in [-0.25, -0.2) is 5.43 Å². The van der Waals surface area contributed by atoms with Crippen LogP contribution in [-0.4, -0.2) is 25.3 Å². The molecule has 0 aromatic carbocycles. The first-order valence-electron chi connectivity index (χ1n) is 2.95. The molecule has 5 heteroatoms. The number of hydrazine groups is 1. The second kappa shape index (κ2) is 6.18. The molecule has 0 aromatic heterocycles. The number of carbonyl (C=O) groups excluding carboxylic acids is 2. The number of rotatable bonds is 6. The summed E-state index contributed by atoms with van der Waals surface area (Å²) in [5, 5.41) is 0. The smallest absolute Gasteiger partial charge is 0.232 e. The topological polar surface area (TPSA) is 84.2 Å². The van der Waals surface area contributed by atoms with Gasteiger partial charge in [-0.15, -0.1) is 0 Å². The molecule has 4 N–H and O–H groups in total. The maximum atomic E-state index is 10.1. The maximum Gasteiger partial charge on any atom is 0.232 e. The zero-order chi connectivity index (χ0) is 7.82. The van der Waals surface area contributed by atoms with Crippen molar-refractivity contribution in [2.45, 2.75) is 6.42 Å². The summed E-state index contributed by atoms with van der Waals surface area (Å²) in [5.74, 6) is -0.432. The van der Waals surface area contributed by atoms with Gasteiger partial charge < -0.3 is 10.5 Å². The molecule has 1 amide bonds. The van der Waals surface area contributed by atoms with E-state index < -0.39 is 5.91 Å². The third kappa shape index (κ3) is 7.06. The van der Waals surface area contributed by atoms with Crippen molar-refractivity contribution in [3.63, 3.8) is 0 Å². The number of hydrogen-bond acceptors (Lipinski definition) is 4. The highest BCUT2D eigenvalue weighted by Crippen LogP contribution is 1.62. The number of primary amides is 1. The van der Waals surface area contributed by atoms with Crippen LogP contribution >= 0.6 is 0 Å². The van der Waals surface area contributed by atoms with Crippen LogP contribution in [0.15, 0.2) is 0 Å². The summed E-state index contributed by atoms with van der Waals surface area (Å²) in [6.07, 6.45) is 1.21. The number of nitrogens with two attached hydrogens (primary N) is 1. The summed E-state index contributed by atoms with van der Waals surface area (Å²) in [5.41, 5.74) is 9.97. The van der Waals surface area contributed by atoms with Crippen molar-refractivity contribution in [2.24, 2.45) is 5.73 Å². The van der Waals surface area contributed by atoms with Crippen molar-refractivity contribution in [3.8, 4) is 0 Å². The maximum absolute atomic E-state index is 10.1. The van der Waals surface area contributed by atoms with Gasteiger partial charge in [-0.2, -0.15) is 0 Å². The van der Waals surface area contributed by atoms with Crippen LogP contribution in [0.25, 0.3) is 0 Å². The first-order chi connectivity index (χ1) is 4.77. The Bertz CT molecular complexity index is 115. The Kier molecular flexibility index (Phi) is 5.60. The van der Waals surface area contributed by atoms with E-state index in [1.165, 1.54) is 0 Å². The molecule has 5 nitrogen and oxygen atoms in total. The third-order valence-electron chi connectivity index (χ3n) is 0.775. The molecule has 0 fully saturated rings. The Morgan fingerprint density at radius 3 is 2.70 bits per heavy atom. The van der Waals surface area contributed by atoms with Gasteiger partial charge in [0.1, 0.15) is 6.29 Å². The van der Waals surface area contributed by atoms with Crippen LogP contribution < -0.4 is 16.6 Å². The molecule has 0 unspecified atom stereocenters. The van der Waals surface area contributed by atoms with Crippen molar-refractivity contribution in [2.75, 3.05) is 13.1 Å². The highest BCUT2D eigenvalue weighted by Gasteiger charge is 1.89. The van der Waals surface area contributed by atoms with Crippen molar-refractivity contribution in [1.29, 1.82) is 0 Å². The molecule has 0 rings (SSSR count). The highest BCUT2D eigenvalue weighted by atomic mass is 16.1. The molecule has 0 aliphatic heterocycles. The van der Waals surface area contributed by atoms with Gasteiger partial charge in [0.2, 0.25) is 5.91 Å². The van der Waals surface area contributed by atoms with Gasteiger partial charge >= 0.3 is 0 Å². The number of hydrogen-bond donors (Lipinski definition) is 3. The first-order valence-corrected chi connectivity index (χ1v) is 2.95. The van der Waals surface area contributed by atoms with Gasteiger partial charge in [-0.05, 0) is 0 Å². The summed E-state index contributed by atoms with van der Waals surface area (Å²) >= 11 is 0. The summed E-state index contributed by atoms with van der Waals surface area (Å²) in [7, 11) is 0. The molecule has 0 aliphatic carbocycles. The fraction of sp³-hybridized carbons (Fsp3) is 0.600. The minimum atomic E-state index is -0.432. The normalized spacial score (nSPS) is 9.20. The molecule has 0 spiro atoms. The molecule has 0 aromatic rings. The van der Waals surface area contributed by atoms with E-state index in [2.05, 4.69) is 10.9 Å². The molecule has 0 saturated heterocycles. The van der Waals surface area contributed by atoms with Gasteiger partial charge in [-0.1, -0.05) is 0 Å². The van der Waals surface area contributed by atoms with E-state index in [-0.39, 0.29) is 6.54 Å². The number of carbonyl (C=O) groups is 2. The lowest BCUT2D eigenvalue weighted by atomic mass is 10.5. The van der Waals surface area contributed by atoms with Gasteiger partial charge in [0.15, 0.2) is 0 Å². The minimum absolute atomic E-state index is 0.0822.